The Morgan fingerprint density at radius 1 is 1.06 bits per heavy atom. The van der Waals surface area contributed by atoms with Crippen LogP contribution in [0.25, 0.3) is 11.4 Å². The molecule has 4 rings (SSSR count). The lowest BCUT2D eigenvalue weighted by Gasteiger charge is -2.19. The summed E-state index contributed by atoms with van der Waals surface area (Å²) in [7, 11) is 1.48. The molecule has 10 heteroatoms. The van der Waals surface area contributed by atoms with E-state index in [9.17, 15) is 22.8 Å². The maximum Gasteiger partial charge on any atom is 0.418 e. The number of nitrogens with zero attached hydrogens (tertiary/aromatic N) is 5. The number of benzene rings is 2. The number of halogens is 3. The van der Waals surface area contributed by atoms with E-state index in [0.29, 0.717) is 5.56 Å². The second kappa shape index (κ2) is 8.97. The fourth-order valence-corrected chi connectivity index (χ4v) is 3.53. The highest BCUT2D eigenvalue weighted by Gasteiger charge is 2.34. The first kappa shape index (κ1) is 23.0. The third kappa shape index (κ3) is 4.61. The summed E-state index contributed by atoms with van der Waals surface area (Å²) >= 11 is 0. The Bertz CT molecular complexity index is 1390. The first-order chi connectivity index (χ1) is 16.1. The first-order valence-electron chi connectivity index (χ1n) is 10.3. The summed E-state index contributed by atoms with van der Waals surface area (Å²) < 4.78 is 43.2. The topological polar surface area (TPSA) is 73.0 Å². The molecule has 0 radical (unpaired) electrons. The second-order valence-corrected chi connectivity index (χ2v) is 7.72. The van der Waals surface area contributed by atoms with Crippen molar-refractivity contribution in [3.63, 3.8) is 0 Å². The van der Waals surface area contributed by atoms with Crippen LogP contribution in [0.4, 0.5) is 13.2 Å². The van der Waals surface area contributed by atoms with Crippen LogP contribution in [0.2, 0.25) is 0 Å². The molecule has 7 nitrogen and oxygen atoms in total. The minimum Gasteiger partial charge on any atom is -0.336 e. The lowest BCUT2D eigenvalue weighted by atomic mass is 10.1. The van der Waals surface area contributed by atoms with Gasteiger partial charge in [0, 0.05) is 37.1 Å². The van der Waals surface area contributed by atoms with Crippen LogP contribution in [0, 0.1) is 6.92 Å². The molecule has 0 fully saturated rings. The van der Waals surface area contributed by atoms with Gasteiger partial charge in [-0.15, -0.1) is 0 Å². The van der Waals surface area contributed by atoms with E-state index >= 15 is 0 Å². The van der Waals surface area contributed by atoms with Crippen LogP contribution in [0.3, 0.4) is 0 Å². The van der Waals surface area contributed by atoms with Gasteiger partial charge in [0.25, 0.3) is 5.91 Å². The van der Waals surface area contributed by atoms with E-state index in [4.69, 9.17) is 0 Å². The SMILES string of the molecule is Cc1cc(=O)c(C(=O)N(C)Cc2cnn(-c3ccccc3)c2)nn1-c1ccccc1C(F)(F)F. The normalized spacial score (nSPS) is 11.4. The molecular weight excluding hydrogens is 447 g/mol. The van der Waals surface area contributed by atoms with Gasteiger partial charge in [0.05, 0.1) is 23.1 Å². The summed E-state index contributed by atoms with van der Waals surface area (Å²) in [6.07, 6.45) is -1.29. The van der Waals surface area contributed by atoms with E-state index < -0.39 is 28.8 Å². The minimum atomic E-state index is -4.63. The van der Waals surface area contributed by atoms with Crippen LogP contribution in [0.15, 0.2) is 77.9 Å². The van der Waals surface area contributed by atoms with Gasteiger partial charge in [-0.3, -0.25) is 9.59 Å². The average molecular weight is 467 g/mol. The zero-order valence-corrected chi connectivity index (χ0v) is 18.3. The molecule has 0 aliphatic carbocycles. The van der Waals surface area contributed by atoms with E-state index in [1.54, 1.807) is 17.1 Å². The molecule has 0 saturated heterocycles. The van der Waals surface area contributed by atoms with Gasteiger partial charge in [-0.2, -0.15) is 23.4 Å². The molecule has 1 amide bonds. The number of rotatable bonds is 5. The lowest BCUT2D eigenvalue weighted by Crippen LogP contribution is -2.33. The van der Waals surface area contributed by atoms with E-state index in [1.807, 2.05) is 30.3 Å². The molecule has 174 valence electrons. The maximum absolute atomic E-state index is 13.5. The Labute approximate surface area is 192 Å². The average Bonchev–Trinajstić information content (AvgIpc) is 3.27. The predicted octanol–water partition coefficient (Wildman–Crippen LogP) is 4.02. The number of amides is 1. The van der Waals surface area contributed by atoms with Crippen LogP contribution >= 0.6 is 0 Å². The van der Waals surface area contributed by atoms with E-state index in [2.05, 4.69) is 10.2 Å². The van der Waals surface area contributed by atoms with Crippen LogP contribution in [0.5, 0.6) is 0 Å². The Kier molecular flexibility index (Phi) is 6.06. The van der Waals surface area contributed by atoms with E-state index in [-0.39, 0.29) is 17.9 Å². The third-order valence-corrected chi connectivity index (χ3v) is 5.17. The van der Waals surface area contributed by atoms with E-state index in [1.165, 1.54) is 37.1 Å². The van der Waals surface area contributed by atoms with Gasteiger partial charge < -0.3 is 4.90 Å². The summed E-state index contributed by atoms with van der Waals surface area (Å²) in [5.41, 5.74) is -0.619. The van der Waals surface area contributed by atoms with Crippen molar-refractivity contribution in [3.8, 4) is 11.4 Å². The molecule has 2 aromatic heterocycles. The Morgan fingerprint density at radius 3 is 2.44 bits per heavy atom. The molecular formula is C24H20F3N5O2. The summed E-state index contributed by atoms with van der Waals surface area (Å²) in [4.78, 5) is 26.8. The van der Waals surface area contributed by atoms with E-state index in [0.717, 1.165) is 22.5 Å². The molecule has 4 aromatic rings. The van der Waals surface area contributed by atoms with Crippen LogP contribution in [-0.4, -0.2) is 37.4 Å². The number of alkyl halides is 3. The Morgan fingerprint density at radius 2 is 1.74 bits per heavy atom. The smallest absolute Gasteiger partial charge is 0.336 e. The number of hydrogen-bond acceptors (Lipinski definition) is 4. The molecule has 34 heavy (non-hydrogen) atoms. The van der Waals surface area contributed by atoms with Crippen molar-refractivity contribution >= 4 is 5.91 Å². The lowest BCUT2D eigenvalue weighted by molar-refractivity contribution is -0.137. The van der Waals surface area contributed by atoms with Gasteiger partial charge in [0.1, 0.15) is 0 Å². The molecule has 2 heterocycles. The Hall–Kier alpha value is -4.21. The summed E-state index contributed by atoms with van der Waals surface area (Å²) in [5, 5.41) is 8.30. The number of hydrogen-bond donors (Lipinski definition) is 0. The molecule has 0 aliphatic rings. The number of aryl methyl sites for hydroxylation is 1. The van der Waals surface area contributed by atoms with Crippen LogP contribution < -0.4 is 5.43 Å². The Balaban J connectivity index is 1.64. The fourth-order valence-electron chi connectivity index (χ4n) is 3.53. The quantitative estimate of drug-likeness (QED) is 0.445. The molecule has 0 bridgehead atoms. The predicted molar refractivity (Wildman–Crippen MR) is 119 cm³/mol. The summed E-state index contributed by atoms with van der Waals surface area (Å²) in [5.74, 6) is -0.712. The van der Waals surface area contributed by atoms with Crippen LogP contribution in [0.1, 0.15) is 27.3 Å². The highest BCUT2D eigenvalue weighted by molar-refractivity contribution is 5.91. The molecule has 0 aliphatic heterocycles. The highest BCUT2D eigenvalue weighted by Crippen LogP contribution is 2.33. The molecule has 0 spiro atoms. The standard InChI is InChI=1S/C24H20F3N5O2/c1-16-12-21(33)22(29-32(16)20-11-7-6-10-19(20)24(25,26)27)23(34)30(2)14-17-13-28-31(15-17)18-8-4-3-5-9-18/h3-13,15H,14H2,1-2H3. The third-order valence-electron chi connectivity index (χ3n) is 5.17. The molecule has 0 atom stereocenters. The molecule has 0 saturated carbocycles. The maximum atomic E-state index is 13.5. The van der Waals surface area contributed by atoms with Crippen molar-refractivity contribution in [2.45, 2.75) is 19.6 Å². The number of carbonyl (C=O) groups excluding carboxylic acids is 1. The van der Waals surface area contributed by atoms with Crippen molar-refractivity contribution in [1.82, 2.24) is 24.5 Å². The summed E-state index contributed by atoms with van der Waals surface area (Å²) in [6.45, 7) is 1.58. The van der Waals surface area contributed by atoms with Gasteiger partial charge in [0.2, 0.25) is 5.43 Å². The van der Waals surface area contributed by atoms with Crippen molar-refractivity contribution in [2.24, 2.45) is 0 Å². The van der Waals surface area contributed by atoms with Gasteiger partial charge >= 0.3 is 6.18 Å². The van der Waals surface area contributed by atoms with Gasteiger partial charge in [-0.25, -0.2) is 9.36 Å². The number of carbonyl (C=O) groups is 1. The molecule has 2 aromatic carbocycles. The van der Waals surface area contributed by atoms with Gasteiger partial charge in [-0.1, -0.05) is 30.3 Å². The van der Waals surface area contributed by atoms with Gasteiger partial charge in [-0.05, 0) is 31.2 Å². The zero-order valence-electron chi connectivity index (χ0n) is 18.3. The number of para-hydroxylation sites is 2. The first-order valence-corrected chi connectivity index (χ1v) is 10.3. The second-order valence-electron chi connectivity index (χ2n) is 7.72. The zero-order chi connectivity index (χ0) is 24.5. The van der Waals surface area contributed by atoms with Crippen LogP contribution in [-0.2, 0) is 12.7 Å². The fraction of sp³-hybridized carbons (Fsp3) is 0.167. The summed E-state index contributed by atoms with van der Waals surface area (Å²) in [6, 6.07) is 15.3. The van der Waals surface area contributed by atoms with Gasteiger partial charge in [0.15, 0.2) is 5.69 Å². The number of aromatic nitrogens is 4. The van der Waals surface area contributed by atoms with Crippen molar-refractivity contribution in [1.29, 1.82) is 0 Å². The van der Waals surface area contributed by atoms with Crippen molar-refractivity contribution in [2.75, 3.05) is 7.05 Å². The van der Waals surface area contributed by atoms with Crippen molar-refractivity contribution in [3.05, 3.63) is 106 Å². The monoisotopic (exact) mass is 467 g/mol. The molecule has 0 unspecified atom stereocenters. The molecule has 0 N–H and O–H groups in total. The highest BCUT2D eigenvalue weighted by atomic mass is 19.4. The largest absolute Gasteiger partial charge is 0.418 e. The minimum absolute atomic E-state index is 0.125. The van der Waals surface area contributed by atoms with Crippen molar-refractivity contribution < 1.29 is 18.0 Å².